The Hall–Kier alpha value is -10.3. The Balaban J connectivity index is 1.25. The number of hydrogen-bond donors (Lipinski definition) is 0. The van der Waals surface area contributed by atoms with Gasteiger partial charge >= 0.3 is 0 Å². The molecular formula is C61H34N8. The molecule has 0 atom stereocenters. The molecule has 69 heavy (non-hydrogen) atoms. The van der Waals surface area contributed by atoms with E-state index in [1.807, 2.05) is 158 Å². The third-order valence-corrected chi connectivity index (χ3v) is 12.4. The van der Waals surface area contributed by atoms with Crippen LogP contribution in [0.25, 0.3) is 116 Å². The highest BCUT2D eigenvalue weighted by molar-refractivity contribution is 6.13. The summed E-state index contributed by atoms with van der Waals surface area (Å²) in [4.78, 5) is 22.7. The van der Waals surface area contributed by atoms with Gasteiger partial charge in [-0.25, -0.2) is 24.6 Å². The van der Waals surface area contributed by atoms with E-state index in [9.17, 15) is 10.5 Å². The lowest BCUT2D eigenvalue weighted by Gasteiger charge is -2.21. The van der Waals surface area contributed by atoms with Gasteiger partial charge in [0.2, 0.25) is 0 Å². The van der Waals surface area contributed by atoms with Crippen molar-refractivity contribution in [1.29, 1.82) is 10.5 Å². The molecule has 0 radical (unpaired) electrons. The fourth-order valence-corrected chi connectivity index (χ4v) is 8.91. The van der Waals surface area contributed by atoms with Gasteiger partial charge in [0, 0.05) is 38.6 Å². The van der Waals surface area contributed by atoms with Gasteiger partial charge in [0.1, 0.15) is 0 Å². The van der Waals surface area contributed by atoms with Gasteiger partial charge in [-0.2, -0.15) is 10.5 Å². The molecule has 0 unspecified atom stereocenters. The largest absolute Gasteiger partial charge is 0.308 e. The first-order chi connectivity index (χ1) is 34.0. The van der Waals surface area contributed by atoms with Crippen LogP contribution in [0.3, 0.4) is 0 Å². The van der Waals surface area contributed by atoms with E-state index in [4.69, 9.17) is 28.1 Å². The van der Waals surface area contributed by atoms with Gasteiger partial charge in [0.25, 0.3) is 0 Å². The number of benzene rings is 9. The van der Waals surface area contributed by atoms with Gasteiger partial charge < -0.3 is 4.57 Å². The molecule has 0 aliphatic carbocycles. The number of fused-ring (bicyclic) bond motifs is 3. The summed E-state index contributed by atoms with van der Waals surface area (Å²) in [5.74, 6) is 1.55. The van der Waals surface area contributed by atoms with Crippen molar-refractivity contribution in [3.05, 3.63) is 240 Å². The number of rotatable bonds is 8. The van der Waals surface area contributed by atoms with Gasteiger partial charge in [-0.3, -0.25) is 0 Å². The molecule has 9 aromatic carbocycles. The van der Waals surface area contributed by atoms with E-state index in [-0.39, 0.29) is 0 Å². The van der Waals surface area contributed by atoms with Gasteiger partial charge in [-0.05, 0) is 94.0 Å². The van der Waals surface area contributed by atoms with Crippen molar-refractivity contribution in [1.82, 2.24) is 19.5 Å². The molecule has 0 aliphatic heterocycles. The lowest BCUT2D eigenvalue weighted by atomic mass is 9.92. The van der Waals surface area contributed by atoms with E-state index in [0.29, 0.717) is 40.0 Å². The minimum atomic E-state index is 0.478. The van der Waals surface area contributed by atoms with E-state index < -0.39 is 0 Å². The molecule has 0 saturated carbocycles. The van der Waals surface area contributed by atoms with Crippen molar-refractivity contribution in [3.8, 4) is 96.5 Å². The second kappa shape index (κ2) is 17.6. The van der Waals surface area contributed by atoms with Crippen molar-refractivity contribution in [3.63, 3.8) is 0 Å². The Morgan fingerprint density at radius 1 is 0.362 bits per heavy atom. The molecule has 0 saturated heterocycles. The summed E-state index contributed by atoms with van der Waals surface area (Å²) in [7, 11) is 0. The number of nitrogens with zero attached hydrogens (tertiary/aromatic N) is 8. The number of hydrogen-bond acceptors (Lipinski definition) is 5. The molecule has 2 heterocycles. The van der Waals surface area contributed by atoms with Crippen LogP contribution in [-0.2, 0) is 0 Å². The predicted molar refractivity (Wildman–Crippen MR) is 274 cm³/mol. The Morgan fingerprint density at radius 2 is 0.725 bits per heavy atom. The Morgan fingerprint density at radius 3 is 1.13 bits per heavy atom. The third-order valence-electron chi connectivity index (χ3n) is 12.4. The number of nitriles is 2. The molecule has 0 fully saturated rings. The van der Waals surface area contributed by atoms with Crippen LogP contribution in [0.2, 0.25) is 0 Å². The van der Waals surface area contributed by atoms with Crippen LogP contribution in [-0.4, -0.2) is 19.5 Å². The minimum absolute atomic E-state index is 0.478. The zero-order valence-corrected chi connectivity index (χ0v) is 36.7. The summed E-state index contributed by atoms with van der Waals surface area (Å²) in [5, 5.41) is 21.5. The molecule has 0 aliphatic rings. The molecule has 11 rings (SSSR count). The highest BCUT2D eigenvalue weighted by Crippen LogP contribution is 2.45. The molecule has 11 aromatic rings. The summed E-state index contributed by atoms with van der Waals surface area (Å²) in [6.45, 7) is 15.3. The van der Waals surface area contributed by atoms with Crippen LogP contribution in [0.4, 0.5) is 11.4 Å². The van der Waals surface area contributed by atoms with Gasteiger partial charge in [-0.15, -0.1) is 0 Å². The SMILES string of the molecule is [C-]#[N+]c1ccc(-c2ccc3c(c2)c2cc(-c4ccc(C#N)cc4)ccc2n3-c2c(-c3ccc(C#N)cc3)cc(-c3nc(-c4ccccc4)nc(-c4ccccc4)n3)cc2-c2ccc([N+]#[C-])cc2)cc1. The van der Waals surface area contributed by atoms with Crippen molar-refractivity contribution >= 4 is 33.2 Å². The van der Waals surface area contributed by atoms with E-state index >= 15 is 0 Å². The van der Waals surface area contributed by atoms with Crippen molar-refractivity contribution in [2.45, 2.75) is 0 Å². The second-order valence-electron chi connectivity index (χ2n) is 16.5. The number of aromatic nitrogens is 4. The standard InChI is InChI=1S/C61H34N8/c1-64-50-27-21-42(22-28-50)48-26-32-57-55(34-48)54-33-47(41-17-13-39(37-62)14-18-41)25-31-56(54)69(57)58-52(43-19-15-40(38-63)16-20-43)35-49(36-53(58)44-23-29-51(65-2)30-24-44)61-67-59(45-9-5-3-6-10-45)66-60(68-61)46-11-7-4-8-12-46/h3-36H. The quantitative estimate of drug-likeness (QED) is 0.142. The van der Waals surface area contributed by atoms with Crippen LogP contribution >= 0.6 is 0 Å². The fourth-order valence-electron chi connectivity index (χ4n) is 8.91. The maximum Gasteiger partial charge on any atom is 0.187 e. The fraction of sp³-hybridized carbons (Fsp3) is 0. The highest BCUT2D eigenvalue weighted by Gasteiger charge is 2.24. The Bertz CT molecular complexity index is 3690. The van der Waals surface area contributed by atoms with Gasteiger partial charge in [0.05, 0.1) is 53.1 Å². The van der Waals surface area contributed by atoms with Crippen LogP contribution in [0, 0.1) is 35.8 Å². The van der Waals surface area contributed by atoms with E-state index in [1.54, 1.807) is 0 Å². The van der Waals surface area contributed by atoms with E-state index in [0.717, 1.165) is 88.7 Å². The Labute approximate surface area is 398 Å². The molecule has 8 heteroatoms. The summed E-state index contributed by atoms with van der Waals surface area (Å²) < 4.78 is 2.31. The lowest BCUT2D eigenvalue weighted by Crippen LogP contribution is -2.04. The minimum Gasteiger partial charge on any atom is -0.308 e. The topological polar surface area (TPSA) is 99.9 Å². The average molecular weight is 879 g/mol. The van der Waals surface area contributed by atoms with E-state index in [1.165, 1.54) is 0 Å². The Kier molecular flexibility index (Phi) is 10.6. The van der Waals surface area contributed by atoms with Crippen molar-refractivity contribution < 1.29 is 0 Å². The maximum absolute atomic E-state index is 9.95. The molecule has 318 valence electrons. The third kappa shape index (κ3) is 7.79. The molecular weight excluding hydrogens is 845 g/mol. The first-order valence-electron chi connectivity index (χ1n) is 22.1. The molecule has 2 aromatic heterocycles. The smallest absolute Gasteiger partial charge is 0.187 e. The average Bonchev–Trinajstić information content (AvgIpc) is 3.75. The molecule has 0 N–H and O–H groups in total. The van der Waals surface area contributed by atoms with Gasteiger partial charge in [-0.1, -0.05) is 146 Å². The summed E-state index contributed by atoms with van der Waals surface area (Å²) >= 11 is 0. The van der Waals surface area contributed by atoms with Crippen LogP contribution in [0.15, 0.2) is 206 Å². The molecule has 0 bridgehead atoms. The molecule has 0 spiro atoms. The zero-order valence-electron chi connectivity index (χ0n) is 36.7. The maximum atomic E-state index is 9.95. The second-order valence-corrected chi connectivity index (χ2v) is 16.5. The first kappa shape index (κ1) is 41.5. The first-order valence-corrected chi connectivity index (χ1v) is 22.1. The van der Waals surface area contributed by atoms with Crippen molar-refractivity contribution in [2.24, 2.45) is 0 Å². The summed E-state index contributed by atoms with van der Waals surface area (Å²) in [5.41, 5.74) is 14.8. The van der Waals surface area contributed by atoms with Crippen LogP contribution in [0.5, 0.6) is 0 Å². The zero-order chi connectivity index (χ0) is 46.8. The van der Waals surface area contributed by atoms with Crippen molar-refractivity contribution in [2.75, 3.05) is 0 Å². The van der Waals surface area contributed by atoms with Crippen LogP contribution < -0.4 is 0 Å². The van der Waals surface area contributed by atoms with E-state index in [2.05, 4.69) is 74.9 Å². The molecule has 0 amide bonds. The monoisotopic (exact) mass is 878 g/mol. The highest BCUT2D eigenvalue weighted by atomic mass is 15.0. The lowest BCUT2D eigenvalue weighted by molar-refractivity contribution is 1.07. The normalized spacial score (nSPS) is 10.8. The predicted octanol–water partition coefficient (Wildman–Crippen LogP) is 15.5. The molecule has 8 nitrogen and oxygen atoms in total. The summed E-state index contributed by atoms with van der Waals surface area (Å²) in [6, 6.07) is 72.1. The van der Waals surface area contributed by atoms with Crippen LogP contribution in [0.1, 0.15) is 11.1 Å². The van der Waals surface area contributed by atoms with Gasteiger partial charge in [0.15, 0.2) is 28.8 Å². The summed E-state index contributed by atoms with van der Waals surface area (Å²) in [6.07, 6.45) is 0.